The Labute approximate surface area is 113 Å². The first-order chi connectivity index (χ1) is 9.15. The quantitative estimate of drug-likeness (QED) is 0.839. The molecule has 6 heteroatoms. The Morgan fingerprint density at radius 1 is 1.37 bits per heavy atom. The number of hydrogen-bond donors (Lipinski definition) is 1. The second-order valence-electron chi connectivity index (χ2n) is 4.65. The highest BCUT2D eigenvalue weighted by Gasteiger charge is 2.12. The molecular weight excluding hydrogens is 244 g/mol. The Hall–Kier alpha value is -1.53. The van der Waals surface area contributed by atoms with Gasteiger partial charge in [-0.05, 0) is 19.9 Å². The molecule has 1 aromatic heterocycles. The van der Waals surface area contributed by atoms with Crippen molar-refractivity contribution in [1.82, 2.24) is 20.2 Å². The number of morpholine rings is 1. The largest absolute Gasteiger partial charge is 0.379 e. The van der Waals surface area contributed by atoms with Crippen molar-refractivity contribution in [3.63, 3.8) is 0 Å². The van der Waals surface area contributed by atoms with Crippen LogP contribution in [-0.4, -0.2) is 60.2 Å². The van der Waals surface area contributed by atoms with Crippen LogP contribution in [0.1, 0.15) is 22.0 Å². The first kappa shape index (κ1) is 13.9. The lowest BCUT2D eigenvalue weighted by Crippen LogP contribution is -2.41. The number of carbonyl (C=O) groups is 1. The highest BCUT2D eigenvalue weighted by Crippen LogP contribution is 2.00. The molecule has 2 rings (SSSR count). The van der Waals surface area contributed by atoms with Crippen LogP contribution < -0.4 is 5.32 Å². The number of aromatic nitrogens is 2. The number of aryl methyl sites for hydroxylation is 2. The van der Waals surface area contributed by atoms with Gasteiger partial charge in [-0.15, -0.1) is 0 Å². The fourth-order valence-corrected chi connectivity index (χ4v) is 2.08. The Balaban J connectivity index is 1.80. The minimum absolute atomic E-state index is 0.137. The third-order valence-electron chi connectivity index (χ3n) is 3.02. The predicted octanol–water partition coefficient (Wildman–Crippen LogP) is 0.155. The number of amides is 1. The summed E-state index contributed by atoms with van der Waals surface area (Å²) in [6, 6.07) is 1.71. The van der Waals surface area contributed by atoms with Crippen LogP contribution in [0.15, 0.2) is 6.07 Å². The van der Waals surface area contributed by atoms with Gasteiger partial charge in [0.25, 0.3) is 5.91 Å². The van der Waals surface area contributed by atoms with E-state index in [0.717, 1.165) is 38.5 Å². The maximum atomic E-state index is 11.9. The summed E-state index contributed by atoms with van der Waals surface area (Å²) in [6.07, 6.45) is 0. The number of nitrogens with one attached hydrogen (secondary N) is 1. The van der Waals surface area contributed by atoms with E-state index in [1.54, 1.807) is 13.0 Å². The van der Waals surface area contributed by atoms with Crippen LogP contribution in [0, 0.1) is 13.8 Å². The van der Waals surface area contributed by atoms with E-state index < -0.39 is 0 Å². The molecule has 0 bridgehead atoms. The average molecular weight is 264 g/mol. The van der Waals surface area contributed by atoms with Crippen LogP contribution in [-0.2, 0) is 4.74 Å². The van der Waals surface area contributed by atoms with E-state index in [9.17, 15) is 4.79 Å². The van der Waals surface area contributed by atoms with Crippen molar-refractivity contribution in [2.75, 3.05) is 39.4 Å². The number of carbonyl (C=O) groups excluding carboxylic acids is 1. The van der Waals surface area contributed by atoms with Gasteiger partial charge in [0.05, 0.1) is 13.2 Å². The molecule has 19 heavy (non-hydrogen) atoms. The lowest BCUT2D eigenvalue weighted by Gasteiger charge is -2.26. The standard InChI is InChI=1S/C13H20N4O2/c1-10-9-12(16-11(2)15-10)13(18)14-3-4-17-5-7-19-8-6-17/h9H,3-8H2,1-2H3,(H,14,18). The van der Waals surface area contributed by atoms with E-state index in [2.05, 4.69) is 20.2 Å². The molecule has 2 heterocycles. The molecule has 0 unspecified atom stereocenters. The van der Waals surface area contributed by atoms with Gasteiger partial charge < -0.3 is 10.1 Å². The van der Waals surface area contributed by atoms with Gasteiger partial charge in [0.1, 0.15) is 11.5 Å². The van der Waals surface area contributed by atoms with Gasteiger partial charge in [0.2, 0.25) is 0 Å². The van der Waals surface area contributed by atoms with Crippen molar-refractivity contribution >= 4 is 5.91 Å². The zero-order chi connectivity index (χ0) is 13.7. The summed E-state index contributed by atoms with van der Waals surface area (Å²) in [7, 11) is 0. The molecular formula is C13H20N4O2. The number of rotatable bonds is 4. The summed E-state index contributed by atoms with van der Waals surface area (Å²) < 4.78 is 5.28. The van der Waals surface area contributed by atoms with Crippen LogP contribution in [0.25, 0.3) is 0 Å². The van der Waals surface area contributed by atoms with Crippen molar-refractivity contribution < 1.29 is 9.53 Å². The summed E-state index contributed by atoms with van der Waals surface area (Å²) in [6.45, 7) is 8.54. The first-order valence-corrected chi connectivity index (χ1v) is 6.56. The molecule has 1 fully saturated rings. The van der Waals surface area contributed by atoms with E-state index in [4.69, 9.17) is 4.74 Å². The van der Waals surface area contributed by atoms with E-state index >= 15 is 0 Å². The van der Waals surface area contributed by atoms with Crippen molar-refractivity contribution in [2.24, 2.45) is 0 Å². The molecule has 1 N–H and O–H groups in total. The molecule has 0 aromatic carbocycles. The Bertz CT molecular complexity index is 424. The van der Waals surface area contributed by atoms with Crippen LogP contribution >= 0.6 is 0 Å². The summed E-state index contributed by atoms with van der Waals surface area (Å²) in [5, 5.41) is 2.89. The minimum atomic E-state index is -0.137. The van der Waals surface area contributed by atoms with Gasteiger partial charge >= 0.3 is 0 Å². The van der Waals surface area contributed by atoms with E-state index in [0.29, 0.717) is 18.1 Å². The minimum Gasteiger partial charge on any atom is -0.379 e. The molecule has 6 nitrogen and oxygen atoms in total. The highest BCUT2D eigenvalue weighted by atomic mass is 16.5. The van der Waals surface area contributed by atoms with Gasteiger partial charge in [-0.3, -0.25) is 9.69 Å². The van der Waals surface area contributed by atoms with Crippen molar-refractivity contribution in [3.8, 4) is 0 Å². The maximum Gasteiger partial charge on any atom is 0.270 e. The number of nitrogens with zero attached hydrogens (tertiary/aromatic N) is 3. The third-order valence-corrected chi connectivity index (χ3v) is 3.02. The number of hydrogen-bond acceptors (Lipinski definition) is 5. The predicted molar refractivity (Wildman–Crippen MR) is 71.1 cm³/mol. The Morgan fingerprint density at radius 3 is 2.79 bits per heavy atom. The van der Waals surface area contributed by atoms with Crippen molar-refractivity contribution in [1.29, 1.82) is 0 Å². The molecule has 104 valence electrons. The SMILES string of the molecule is Cc1cc(C(=O)NCCN2CCOCC2)nc(C)n1. The lowest BCUT2D eigenvalue weighted by molar-refractivity contribution is 0.0383. The zero-order valence-corrected chi connectivity index (χ0v) is 11.5. The maximum absolute atomic E-state index is 11.9. The highest BCUT2D eigenvalue weighted by molar-refractivity contribution is 5.92. The van der Waals surface area contributed by atoms with Crippen LogP contribution in [0.3, 0.4) is 0 Å². The fraction of sp³-hybridized carbons (Fsp3) is 0.615. The molecule has 1 aliphatic rings. The molecule has 1 saturated heterocycles. The van der Waals surface area contributed by atoms with E-state index in [1.807, 2.05) is 6.92 Å². The van der Waals surface area contributed by atoms with Crippen molar-refractivity contribution in [3.05, 3.63) is 23.3 Å². The monoisotopic (exact) mass is 264 g/mol. The summed E-state index contributed by atoms with van der Waals surface area (Å²) in [5.41, 5.74) is 1.25. The van der Waals surface area contributed by atoms with Crippen LogP contribution in [0.4, 0.5) is 0 Å². The molecule has 0 atom stereocenters. The third kappa shape index (κ3) is 4.25. The molecule has 1 aliphatic heterocycles. The van der Waals surface area contributed by atoms with Gasteiger partial charge in [0, 0.05) is 31.9 Å². The Kier molecular flexibility index (Phi) is 4.81. The second kappa shape index (κ2) is 6.58. The lowest BCUT2D eigenvalue weighted by atomic mass is 10.3. The topological polar surface area (TPSA) is 67.4 Å². The molecule has 1 amide bonds. The molecule has 0 saturated carbocycles. The van der Waals surface area contributed by atoms with E-state index in [1.165, 1.54) is 0 Å². The zero-order valence-electron chi connectivity index (χ0n) is 11.5. The Morgan fingerprint density at radius 2 is 2.11 bits per heavy atom. The van der Waals surface area contributed by atoms with E-state index in [-0.39, 0.29) is 5.91 Å². The molecule has 1 aromatic rings. The molecule has 0 spiro atoms. The van der Waals surface area contributed by atoms with Crippen LogP contribution in [0.2, 0.25) is 0 Å². The van der Waals surface area contributed by atoms with Gasteiger partial charge in [-0.25, -0.2) is 9.97 Å². The van der Waals surface area contributed by atoms with Gasteiger partial charge in [-0.1, -0.05) is 0 Å². The fourth-order valence-electron chi connectivity index (χ4n) is 2.08. The summed E-state index contributed by atoms with van der Waals surface area (Å²) in [5.74, 6) is 0.486. The summed E-state index contributed by atoms with van der Waals surface area (Å²) >= 11 is 0. The van der Waals surface area contributed by atoms with Crippen molar-refractivity contribution in [2.45, 2.75) is 13.8 Å². The van der Waals surface area contributed by atoms with Gasteiger partial charge in [-0.2, -0.15) is 0 Å². The molecule has 0 aliphatic carbocycles. The van der Waals surface area contributed by atoms with Crippen LogP contribution in [0.5, 0.6) is 0 Å². The normalized spacial score (nSPS) is 16.3. The second-order valence-corrected chi connectivity index (χ2v) is 4.65. The smallest absolute Gasteiger partial charge is 0.270 e. The number of ether oxygens (including phenoxy) is 1. The van der Waals surface area contributed by atoms with Gasteiger partial charge in [0.15, 0.2) is 0 Å². The average Bonchev–Trinajstić information content (AvgIpc) is 2.38. The summed E-state index contributed by atoms with van der Waals surface area (Å²) in [4.78, 5) is 22.5. The first-order valence-electron chi connectivity index (χ1n) is 6.56. The molecule has 0 radical (unpaired) electrons.